The van der Waals surface area contributed by atoms with E-state index in [0.717, 1.165) is 0 Å². The molecule has 0 aromatic heterocycles. The van der Waals surface area contributed by atoms with Crippen LogP contribution in [0.15, 0.2) is 42.5 Å². The van der Waals surface area contributed by atoms with Crippen molar-refractivity contribution in [3.63, 3.8) is 0 Å². The van der Waals surface area contributed by atoms with E-state index in [-0.39, 0.29) is 11.4 Å². The number of anilines is 1. The lowest BCUT2D eigenvalue weighted by atomic mass is 10.2. The minimum atomic E-state index is -0.773. The van der Waals surface area contributed by atoms with Crippen LogP contribution in [0.3, 0.4) is 0 Å². The van der Waals surface area contributed by atoms with Gasteiger partial charge in [-0.05, 0) is 36.8 Å². The maximum atomic E-state index is 12.5. The summed E-state index contributed by atoms with van der Waals surface area (Å²) in [6.45, 7) is 1.80. The highest BCUT2D eigenvalue weighted by molar-refractivity contribution is 6.30. The van der Waals surface area contributed by atoms with Crippen LogP contribution in [0.4, 0.5) is 11.4 Å². The summed E-state index contributed by atoms with van der Waals surface area (Å²) < 4.78 is 10.8. The van der Waals surface area contributed by atoms with Crippen LogP contribution in [0.25, 0.3) is 0 Å². The number of halogens is 1. The molecule has 2 aromatic rings. The minimum absolute atomic E-state index is 0.150. The number of methoxy groups -OCH3 is 1. The number of amides is 1. The number of carbonyl (C=O) groups is 1. The van der Waals surface area contributed by atoms with E-state index in [4.69, 9.17) is 21.1 Å². The first-order chi connectivity index (χ1) is 11.9. The van der Waals surface area contributed by atoms with Crippen molar-refractivity contribution in [3.8, 4) is 11.5 Å². The number of carbonyl (C=O) groups excluding carboxylic acids is 1. The summed E-state index contributed by atoms with van der Waals surface area (Å²) in [4.78, 5) is 22.8. The van der Waals surface area contributed by atoms with Crippen LogP contribution in [0, 0.1) is 10.1 Å². The Labute approximate surface area is 149 Å². The standard InChI is InChI=1S/C17H17ClN2O5/c1-3-15(25-13-7-4-11(18)5-8-13)17(21)19-14-10-12(20(22)23)6-9-16(14)24-2/h4-10,15H,3H2,1-2H3,(H,19,21)/t15-/m0/s1. The van der Waals surface area contributed by atoms with Gasteiger partial charge in [0.2, 0.25) is 0 Å². The van der Waals surface area contributed by atoms with Gasteiger partial charge in [-0.25, -0.2) is 0 Å². The molecule has 132 valence electrons. The van der Waals surface area contributed by atoms with E-state index in [2.05, 4.69) is 5.32 Å². The average molecular weight is 365 g/mol. The van der Waals surface area contributed by atoms with Crippen molar-refractivity contribution in [2.45, 2.75) is 19.4 Å². The number of nitro groups is 1. The number of benzene rings is 2. The SMILES string of the molecule is CC[C@H](Oc1ccc(Cl)cc1)C(=O)Nc1cc([N+](=O)[O-])ccc1OC. The van der Waals surface area contributed by atoms with Crippen LogP contribution in [0.5, 0.6) is 11.5 Å². The molecule has 0 heterocycles. The molecule has 1 amide bonds. The summed E-state index contributed by atoms with van der Waals surface area (Å²) in [6.07, 6.45) is -0.365. The Morgan fingerprint density at radius 2 is 1.96 bits per heavy atom. The molecule has 0 aliphatic rings. The van der Waals surface area contributed by atoms with E-state index in [0.29, 0.717) is 22.9 Å². The van der Waals surface area contributed by atoms with E-state index in [9.17, 15) is 14.9 Å². The number of hydrogen-bond donors (Lipinski definition) is 1. The highest BCUT2D eigenvalue weighted by Crippen LogP contribution is 2.29. The van der Waals surface area contributed by atoms with Crippen LogP contribution in [-0.2, 0) is 4.79 Å². The van der Waals surface area contributed by atoms with Crippen LogP contribution in [-0.4, -0.2) is 24.0 Å². The summed E-state index contributed by atoms with van der Waals surface area (Å²) in [5.41, 5.74) is 0.0580. The summed E-state index contributed by atoms with van der Waals surface area (Å²) in [7, 11) is 1.42. The first-order valence-corrected chi connectivity index (χ1v) is 7.88. The van der Waals surface area contributed by atoms with Crippen LogP contribution < -0.4 is 14.8 Å². The predicted octanol–water partition coefficient (Wildman–Crippen LogP) is 4.05. The molecule has 0 radical (unpaired) electrons. The van der Waals surface area contributed by atoms with Gasteiger partial charge in [0.25, 0.3) is 11.6 Å². The molecule has 0 saturated carbocycles. The second kappa shape index (κ2) is 8.34. The van der Waals surface area contributed by atoms with Crippen molar-refractivity contribution >= 4 is 28.9 Å². The van der Waals surface area contributed by atoms with Gasteiger partial charge in [0.05, 0.1) is 17.7 Å². The number of hydrogen-bond acceptors (Lipinski definition) is 5. The Bertz CT molecular complexity index is 764. The molecule has 7 nitrogen and oxygen atoms in total. The molecular formula is C17H17ClN2O5. The molecule has 0 aliphatic heterocycles. The number of ether oxygens (including phenoxy) is 2. The van der Waals surface area contributed by atoms with E-state index in [1.54, 1.807) is 31.2 Å². The fraction of sp³-hybridized carbons (Fsp3) is 0.235. The number of non-ortho nitro benzene ring substituents is 1. The molecule has 8 heteroatoms. The van der Waals surface area contributed by atoms with Gasteiger partial charge in [-0.3, -0.25) is 14.9 Å². The highest BCUT2D eigenvalue weighted by atomic mass is 35.5. The quantitative estimate of drug-likeness (QED) is 0.591. The summed E-state index contributed by atoms with van der Waals surface area (Å²) >= 11 is 5.82. The molecule has 2 aromatic carbocycles. The van der Waals surface area contributed by atoms with Crippen LogP contribution in [0.2, 0.25) is 5.02 Å². The Balaban J connectivity index is 2.17. The van der Waals surface area contributed by atoms with E-state index in [1.807, 2.05) is 0 Å². The van der Waals surface area contributed by atoms with E-state index in [1.165, 1.54) is 25.3 Å². The van der Waals surface area contributed by atoms with Crippen molar-refractivity contribution in [1.82, 2.24) is 0 Å². The number of rotatable bonds is 7. The lowest BCUT2D eigenvalue weighted by Gasteiger charge is -2.18. The summed E-state index contributed by atoms with van der Waals surface area (Å²) in [6, 6.07) is 10.6. The zero-order valence-corrected chi connectivity index (χ0v) is 14.4. The van der Waals surface area contributed by atoms with Crippen molar-refractivity contribution in [1.29, 1.82) is 0 Å². The van der Waals surface area contributed by atoms with Gasteiger partial charge in [-0.2, -0.15) is 0 Å². The van der Waals surface area contributed by atoms with Gasteiger partial charge in [0.1, 0.15) is 11.5 Å². The Kier molecular flexibility index (Phi) is 6.19. The van der Waals surface area contributed by atoms with E-state index >= 15 is 0 Å². The zero-order chi connectivity index (χ0) is 18.4. The van der Waals surface area contributed by atoms with Crippen LogP contribution in [0.1, 0.15) is 13.3 Å². The summed E-state index contributed by atoms with van der Waals surface area (Å²) in [5.74, 6) is 0.383. The fourth-order valence-corrected chi connectivity index (χ4v) is 2.25. The van der Waals surface area contributed by atoms with E-state index < -0.39 is 16.9 Å². The van der Waals surface area contributed by atoms with Crippen molar-refractivity contribution < 1.29 is 19.2 Å². The molecule has 0 unspecified atom stereocenters. The Morgan fingerprint density at radius 3 is 2.52 bits per heavy atom. The second-order valence-electron chi connectivity index (χ2n) is 5.10. The lowest BCUT2D eigenvalue weighted by Crippen LogP contribution is -2.32. The molecular weight excluding hydrogens is 348 g/mol. The second-order valence-corrected chi connectivity index (χ2v) is 5.54. The third-order valence-electron chi connectivity index (χ3n) is 3.41. The maximum absolute atomic E-state index is 12.5. The minimum Gasteiger partial charge on any atom is -0.495 e. The van der Waals surface area contributed by atoms with Gasteiger partial charge in [0.15, 0.2) is 6.10 Å². The predicted molar refractivity (Wildman–Crippen MR) is 94.4 cm³/mol. The molecule has 1 atom stereocenters. The number of nitrogens with one attached hydrogen (secondary N) is 1. The molecule has 0 saturated heterocycles. The normalized spacial score (nSPS) is 11.5. The van der Waals surface area contributed by atoms with Gasteiger partial charge >= 0.3 is 0 Å². The molecule has 0 fully saturated rings. The molecule has 2 rings (SSSR count). The number of nitro benzene ring substituents is 1. The van der Waals surface area contributed by atoms with Gasteiger partial charge in [-0.1, -0.05) is 18.5 Å². The summed E-state index contributed by atoms with van der Waals surface area (Å²) in [5, 5.41) is 14.1. The fourth-order valence-electron chi connectivity index (χ4n) is 2.12. The Morgan fingerprint density at radius 1 is 1.28 bits per heavy atom. The monoisotopic (exact) mass is 364 g/mol. The Hall–Kier alpha value is -2.80. The van der Waals surface area contributed by atoms with Crippen molar-refractivity contribution in [3.05, 3.63) is 57.6 Å². The molecule has 1 N–H and O–H groups in total. The molecule has 25 heavy (non-hydrogen) atoms. The molecule has 0 aliphatic carbocycles. The van der Waals surface area contributed by atoms with Gasteiger partial charge < -0.3 is 14.8 Å². The molecule has 0 bridgehead atoms. The lowest BCUT2D eigenvalue weighted by molar-refractivity contribution is -0.384. The third kappa shape index (κ3) is 4.84. The maximum Gasteiger partial charge on any atom is 0.271 e. The van der Waals surface area contributed by atoms with Crippen molar-refractivity contribution in [2.75, 3.05) is 12.4 Å². The number of nitrogens with zero attached hydrogens (tertiary/aromatic N) is 1. The van der Waals surface area contributed by atoms with Gasteiger partial charge in [0, 0.05) is 17.2 Å². The highest BCUT2D eigenvalue weighted by Gasteiger charge is 2.21. The largest absolute Gasteiger partial charge is 0.495 e. The first-order valence-electron chi connectivity index (χ1n) is 7.50. The zero-order valence-electron chi connectivity index (χ0n) is 13.7. The third-order valence-corrected chi connectivity index (χ3v) is 3.66. The van der Waals surface area contributed by atoms with Gasteiger partial charge in [-0.15, -0.1) is 0 Å². The molecule has 0 spiro atoms. The smallest absolute Gasteiger partial charge is 0.271 e. The topological polar surface area (TPSA) is 90.7 Å². The van der Waals surface area contributed by atoms with Crippen LogP contribution >= 0.6 is 11.6 Å². The average Bonchev–Trinajstić information content (AvgIpc) is 2.60. The van der Waals surface area contributed by atoms with Crippen molar-refractivity contribution in [2.24, 2.45) is 0 Å². The first kappa shape index (κ1) is 18.5.